The molecule has 2 saturated carbocycles. The first-order valence-corrected chi connectivity index (χ1v) is 10.6. The maximum absolute atomic E-state index is 3.80. The van der Waals surface area contributed by atoms with E-state index in [1.54, 1.807) is 5.57 Å². The Kier molecular flexibility index (Phi) is 6.21. The van der Waals surface area contributed by atoms with Crippen LogP contribution in [0, 0.1) is 11.8 Å². The minimum atomic E-state index is 0.740. The van der Waals surface area contributed by atoms with E-state index in [-0.39, 0.29) is 0 Å². The molecule has 0 N–H and O–H groups in total. The molecule has 120 valence electrons. The van der Waals surface area contributed by atoms with Crippen molar-refractivity contribution in [3.8, 4) is 0 Å². The third-order valence-electron chi connectivity index (χ3n) is 5.32. The SMILES string of the molecule is BrC1CCC(/C=C(\c2ccccc2)C2CCC(Br)CC2)CC1. The monoisotopic (exact) mass is 424 g/mol. The van der Waals surface area contributed by atoms with Crippen LogP contribution in [0.15, 0.2) is 36.4 Å². The predicted octanol–water partition coefficient (Wildman–Crippen LogP) is 6.98. The lowest BCUT2D eigenvalue weighted by atomic mass is 9.78. The second-order valence-corrected chi connectivity index (χ2v) is 9.54. The number of halogens is 2. The van der Waals surface area contributed by atoms with E-state index < -0.39 is 0 Å². The van der Waals surface area contributed by atoms with Gasteiger partial charge in [-0.1, -0.05) is 68.3 Å². The van der Waals surface area contributed by atoms with E-state index in [4.69, 9.17) is 0 Å². The van der Waals surface area contributed by atoms with E-state index in [2.05, 4.69) is 68.3 Å². The average Bonchev–Trinajstić information content (AvgIpc) is 2.56. The smallest absolute Gasteiger partial charge is 0.0146 e. The van der Waals surface area contributed by atoms with Gasteiger partial charge in [-0.3, -0.25) is 0 Å². The number of hydrogen-bond acceptors (Lipinski definition) is 0. The van der Waals surface area contributed by atoms with Gasteiger partial charge < -0.3 is 0 Å². The molecule has 2 fully saturated rings. The Bertz CT molecular complexity index is 478. The van der Waals surface area contributed by atoms with E-state index in [1.807, 2.05) is 0 Å². The maximum atomic E-state index is 3.80. The molecule has 0 unspecified atom stereocenters. The highest BCUT2D eigenvalue weighted by molar-refractivity contribution is 9.09. The van der Waals surface area contributed by atoms with Gasteiger partial charge in [0.1, 0.15) is 0 Å². The first-order chi connectivity index (χ1) is 10.7. The van der Waals surface area contributed by atoms with Gasteiger partial charge in [0.15, 0.2) is 0 Å². The molecule has 0 spiro atoms. The van der Waals surface area contributed by atoms with Crippen LogP contribution in [0.5, 0.6) is 0 Å². The quantitative estimate of drug-likeness (QED) is 0.458. The zero-order valence-electron chi connectivity index (χ0n) is 13.2. The van der Waals surface area contributed by atoms with Crippen molar-refractivity contribution in [3.05, 3.63) is 42.0 Å². The highest BCUT2D eigenvalue weighted by Crippen LogP contribution is 2.40. The van der Waals surface area contributed by atoms with E-state index in [1.165, 1.54) is 56.9 Å². The molecule has 3 rings (SSSR count). The molecule has 0 radical (unpaired) electrons. The van der Waals surface area contributed by atoms with E-state index >= 15 is 0 Å². The van der Waals surface area contributed by atoms with Crippen LogP contribution in [-0.4, -0.2) is 9.65 Å². The lowest BCUT2D eigenvalue weighted by Crippen LogP contribution is -2.17. The summed E-state index contributed by atoms with van der Waals surface area (Å²) in [6.07, 6.45) is 13.3. The van der Waals surface area contributed by atoms with Crippen LogP contribution in [0.2, 0.25) is 0 Å². The Hall–Kier alpha value is -0.0800. The summed E-state index contributed by atoms with van der Waals surface area (Å²) in [5.74, 6) is 1.54. The van der Waals surface area contributed by atoms with Gasteiger partial charge in [0.05, 0.1) is 0 Å². The van der Waals surface area contributed by atoms with Crippen LogP contribution in [0.1, 0.15) is 56.9 Å². The Labute approximate surface area is 152 Å². The molecule has 22 heavy (non-hydrogen) atoms. The molecule has 0 amide bonds. The molecule has 2 heteroatoms. The highest BCUT2D eigenvalue weighted by atomic mass is 79.9. The van der Waals surface area contributed by atoms with Crippen LogP contribution in [-0.2, 0) is 0 Å². The summed E-state index contributed by atoms with van der Waals surface area (Å²) in [7, 11) is 0. The highest BCUT2D eigenvalue weighted by Gasteiger charge is 2.25. The Morgan fingerprint density at radius 3 is 1.91 bits per heavy atom. The van der Waals surface area contributed by atoms with E-state index in [0.29, 0.717) is 0 Å². The molecule has 2 aliphatic rings. The molecule has 1 aromatic carbocycles. The van der Waals surface area contributed by atoms with Gasteiger partial charge in [0, 0.05) is 9.65 Å². The van der Waals surface area contributed by atoms with Crippen LogP contribution in [0.3, 0.4) is 0 Å². The van der Waals surface area contributed by atoms with Crippen molar-refractivity contribution >= 4 is 37.4 Å². The zero-order chi connectivity index (χ0) is 15.4. The molecular formula is C20H26Br2. The summed E-state index contributed by atoms with van der Waals surface area (Å²) in [4.78, 5) is 1.49. The minimum absolute atomic E-state index is 0.740. The van der Waals surface area contributed by atoms with Crippen molar-refractivity contribution in [1.29, 1.82) is 0 Å². The van der Waals surface area contributed by atoms with Gasteiger partial charge in [-0.15, -0.1) is 0 Å². The summed E-state index contributed by atoms with van der Waals surface area (Å²) < 4.78 is 0. The molecule has 0 saturated heterocycles. The zero-order valence-corrected chi connectivity index (χ0v) is 16.4. The molecular weight excluding hydrogens is 400 g/mol. The third-order valence-corrected chi connectivity index (χ3v) is 7.15. The van der Waals surface area contributed by atoms with Crippen molar-refractivity contribution in [2.45, 2.75) is 61.0 Å². The lowest BCUT2D eigenvalue weighted by Gasteiger charge is -2.30. The molecule has 0 nitrogen and oxygen atoms in total. The van der Waals surface area contributed by atoms with Gasteiger partial charge >= 0.3 is 0 Å². The van der Waals surface area contributed by atoms with Gasteiger partial charge in [-0.25, -0.2) is 0 Å². The second-order valence-electron chi connectivity index (χ2n) is 6.95. The van der Waals surface area contributed by atoms with Crippen molar-refractivity contribution in [2.75, 3.05) is 0 Å². The minimum Gasteiger partial charge on any atom is -0.0891 e. The van der Waals surface area contributed by atoms with E-state index in [0.717, 1.165) is 21.5 Å². The number of allylic oxidation sites excluding steroid dienone is 2. The number of alkyl halides is 2. The molecule has 0 aliphatic heterocycles. The largest absolute Gasteiger partial charge is 0.0891 e. The van der Waals surface area contributed by atoms with Crippen LogP contribution >= 0.6 is 31.9 Å². The second kappa shape index (κ2) is 8.15. The molecule has 2 aliphatic carbocycles. The number of hydrogen-bond donors (Lipinski definition) is 0. The molecule has 0 aromatic heterocycles. The molecule has 1 aromatic rings. The summed E-state index contributed by atoms with van der Waals surface area (Å²) >= 11 is 7.59. The molecule has 0 atom stereocenters. The maximum Gasteiger partial charge on any atom is 0.0146 e. The first-order valence-electron chi connectivity index (χ1n) is 8.77. The van der Waals surface area contributed by atoms with Crippen molar-refractivity contribution in [1.82, 2.24) is 0 Å². The third kappa shape index (κ3) is 4.47. The van der Waals surface area contributed by atoms with Gasteiger partial charge in [-0.2, -0.15) is 0 Å². The normalized spacial score (nSPS) is 33.6. The van der Waals surface area contributed by atoms with Gasteiger partial charge in [0.2, 0.25) is 0 Å². The summed E-state index contributed by atoms with van der Waals surface area (Å²) in [6, 6.07) is 11.1. The van der Waals surface area contributed by atoms with Gasteiger partial charge in [0.25, 0.3) is 0 Å². The number of rotatable bonds is 3. The fourth-order valence-electron chi connectivity index (χ4n) is 3.96. The van der Waals surface area contributed by atoms with Crippen LogP contribution < -0.4 is 0 Å². The first kappa shape index (κ1) is 16.8. The van der Waals surface area contributed by atoms with Crippen molar-refractivity contribution in [3.63, 3.8) is 0 Å². The summed E-state index contributed by atoms with van der Waals surface area (Å²) in [6.45, 7) is 0. The van der Waals surface area contributed by atoms with E-state index in [9.17, 15) is 0 Å². The average molecular weight is 426 g/mol. The number of benzene rings is 1. The molecule has 0 bridgehead atoms. The van der Waals surface area contributed by atoms with Crippen molar-refractivity contribution in [2.24, 2.45) is 11.8 Å². The fourth-order valence-corrected chi connectivity index (χ4v) is 5.02. The van der Waals surface area contributed by atoms with Crippen LogP contribution in [0.4, 0.5) is 0 Å². The standard InChI is InChI=1S/C20H26Br2/c21-18-10-6-15(7-11-18)14-20(16-4-2-1-3-5-16)17-8-12-19(22)13-9-17/h1-5,14-15,17-19H,6-13H2/b20-14+. The lowest BCUT2D eigenvalue weighted by molar-refractivity contribution is 0.420. The summed E-state index contributed by atoms with van der Waals surface area (Å²) in [5.41, 5.74) is 3.10. The van der Waals surface area contributed by atoms with Crippen molar-refractivity contribution < 1.29 is 0 Å². The van der Waals surface area contributed by atoms with Crippen LogP contribution in [0.25, 0.3) is 5.57 Å². The molecule has 0 heterocycles. The Morgan fingerprint density at radius 2 is 1.32 bits per heavy atom. The Morgan fingerprint density at radius 1 is 0.773 bits per heavy atom. The fraction of sp³-hybridized carbons (Fsp3) is 0.600. The predicted molar refractivity (Wildman–Crippen MR) is 104 cm³/mol. The summed E-state index contributed by atoms with van der Waals surface area (Å²) in [5, 5.41) is 0. The Balaban J connectivity index is 1.80. The topological polar surface area (TPSA) is 0 Å². The van der Waals surface area contributed by atoms with Gasteiger partial charge in [-0.05, 0) is 74.3 Å².